The monoisotopic (exact) mass is 442 g/mol. The minimum absolute atomic E-state index is 0.186. The van der Waals surface area contributed by atoms with Crippen molar-refractivity contribution in [1.29, 1.82) is 0 Å². The number of carbonyl (C=O) groups excluding carboxylic acids is 4. The van der Waals surface area contributed by atoms with Crippen molar-refractivity contribution in [1.82, 2.24) is 0 Å². The molecule has 2 aliphatic carbocycles. The summed E-state index contributed by atoms with van der Waals surface area (Å²) in [6.07, 6.45) is 0. The number of fused-ring (bicyclic) bond motifs is 4. The van der Waals surface area contributed by atoms with E-state index >= 15 is 0 Å². The Bertz CT molecular complexity index is 1470. The van der Waals surface area contributed by atoms with Gasteiger partial charge in [-0.05, 0) is 11.1 Å². The van der Waals surface area contributed by atoms with Crippen LogP contribution in [0.25, 0.3) is 0 Å². The first kappa shape index (κ1) is 20.2. The molecule has 0 heterocycles. The van der Waals surface area contributed by atoms with E-state index in [2.05, 4.69) is 0 Å². The van der Waals surface area contributed by atoms with Gasteiger partial charge in [-0.3, -0.25) is 19.2 Å². The molecule has 0 saturated carbocycles. The summed E-state index contributed by atoms with van der Waals surface area (Å²) in [5, 5.41) is 0. The molecule has 0 amide bonds. The highest BCUT2D eigenvalue weighted by Gasteiger charge is 2.36. The van der Waals surface area contributed by atoms with Gasteiger partial charge in [-0.1, -0.05) is 91.9 Å². The molecule has 0 bridgehead atoms. The van der Waals surface area contributed by atoms with Crippen molar-refractivity contribution < 1.29 is 19.2 Å². The van der Waals surface area contributed by atoms with E-state index in [9.17, 15) is 19.2 Å². The highest BCUT2D eigenvalue weighted by molar-refractivity contribution is 6.30. The minimum atomic E-state index is -0.395. The molecule has 4 heteroatoms. The first-order valence-electron chi connectivity index (χ1n) is 11.1. The van der Waals surface area contributed by atoms with Gasteiger partial charge in [0.05, 0.1) is 0 Å². The van der Waals surface area contributed by atoms with Crippen LogP contribution in [0.15, 0.2) is 84.9 Å². The van der Waals surface area contributed by atoms with E-state index < -0.39 is 5.92 Å². The van der Waals surface area contributed by atoms with Crippen LogP contribution in [0, 0.1) is 0 Å². The van der Waals surface area contributed by atoms with Crippen molar-refractivity contribution >= 4 is 23.1 Å². The van der Waals surface area contributed by atoms with Crippen molar-refractivity contribution in [2.75, 3.05) is 0 Å². The second kappa shape index (κ2) is 7.29. The largest absolute Gasteiger partial charge is 0.289 e. The Morgan fingerprint density at radius 1 is 0.412 bits per heavy atom. The van der Waals surface area contributed by atoms with Crippen LogP contribution >= 0.6 is 0 Å². The molecule has 0 radical (unpaired) electrons. The van der Waals surface area contributed by atoms with Crippen molar-refractivity contribution in [3.8, 4) is 0 Å². The van der Waals surface area contributed by atoms with Crippen LogP contribution in [0.1, 0.15) is 87.7 Å². The predicted octanol–water partition coefficient (Wildman–Crippen LogP) is 5.39. The molecule has 0 fully saturated rings. The first-order chi connectivity index (χ1) is 16.5. The van der Waals surface area contributed by atoms with Crippen molar-refractivity contribution in [2.24, 2.45) is 0 Å². The van der Waals surface area contributed by atoms with E-state index in [-0.39, 0.29) is 23.1 Å². The SMILES string of the molecule is CC(c1cccc2c1C(=O)c1ccccc1C2=O)c1cccc2c1C(=O)c1ccccc1C2=O. The van der Waals surface area contributed by atoms with Gasteiger partial charge in [0, 0.05) is 50.4 Å². The summed E-state index contributed by atoms with van der Waals surface area (Å²) in [5.74, 6) is -1.17. The number of benzene rings is 4. The molecule has 6 rings (SSSR count). The number of hydrogen-bond donors (Lipinski definition) is 0. The van der Waals surface area contributed by atoms with Crippen molar-refractivity contribution in [3.05, 3.63) is 141 Å². The maximum atomic E-state index is 13.5. The summed E-state index contributed by atoms with van der Waals surface area (Å²) in [7, 11) is 0. The lowest BCUT2D eigenvalue weighted by atomic mass is 9.75. The topological polar surface area (TPSA) is 68.3 Å². The van der Waals surface area contributed by atoms with Gasteiger partial charge in [0.2, 0.25) is 0 Å². The molecule has 0 saturated heterocycles. The van der Waals surface area contributed by atoms with Crippen LogP contribution in [0.4, 0.5) is 0 Å². The second-order valence-electron chi connectivity index (χ2n) is 8.67. The van der Waals surface area contributed by atoms with E-state index in [0.717, 1.165) is 0 Å². The van der Waals surface area contributed by atoms with Gasteiger partial charge in [-0.2, -0.15) is 0 Å². The molecule has 0 atom stereocenters. The van der Waals surface area contributed by atoms with Crippen LogP contribution in [0.5, 0.6) is 0 Å². The van der Waals surface area contributed by atoms with Gasteiger partial charge >= 0.3 is 0 Å². The summed E-state index contributed by atoms with van der Waals surface area (Å²) < 4.78 is 0. The lowest BCUT2D eigenvalue weighted by molar-refractivity contribution is 0.0977. The Labute approximate surface area is 195 Å². The molecular formula is C30H18O4. The molecule has 162 valence electrons. The number of ketones is 4. The van der Waals surface area contributed by atoms with Gasteiger partial charge in [0.1, 0.15) is 0 Å². The van der Waals surface area contributed by atoms with Gasteiger partial charge in [0.15, 0.2) is 23.1 Å². The quantitative estimate of drug-likeness (QED) is 0.361. The average Bonchev–Trinajstić information content (AvgIpc) is 2.89. The standard InChI is InChI=1S/C30H18O4/c1-16(17-12-6-14-23-25(17)29(33)21-10-4-2-8-19(21)27(23)31)18-13-7-15-24-26(18)30(34)22-11-5-3-9-20(22)28(24)32/h2-16H,1H3. The minimum Gasteiger partial charge on any atom is -0.289 e. The van der Waals surface area contributed by atoms with E-state index in [0.29, 0.717) is 55.6 Å². The van der Waals surface area contributed by atoms with E-state index in [1.165, 1.54) is 0 Å². The van der Waals surface area contributed by atoms with Crippen molar-refractivity contribution in [3.63, 3.8) is 0 Å². The second-order valence-corrected chi connectivity index (χ2v) is 8.67. The van der Waals surface area contributed by atoms with E-state index in [1.54, 1.807) is 72.8 Å². The molecule has 0 spiro atoms. The normalized spacial score (nSPS) is 13.9. The van der Waals surface area contributed by atoms with Crippen molar-refractivity contribution in [2.45, 2.75) is 12.8 Å². The number of hydrogen-bond acceptors (Lipinski definition) is 4. The summed E-state index contributed by atoms with van der Waals surface area (Å²) >= 11 is 0. The lowest BCUT2D eigenvalue weighted by Crippen LogP contribution is -2.25. The molecule has 4 aromatic rings. The summed E-state index contributed by atoms with van der Waals surface area (Å²) in [5.41, 5.74) is 4.37. The van der Waals surface area contributed by atoms with Gasteiger partial charge < -0.3 is 0 Å². The number of rotatable bonds is 2. The van der Waals surface area contributed by atoms with Gasteiger partial charge in [-0.15, -0.1) is 0 Å². The van der Waals surface area contributed by atoms with Gasteiger partial charge in [0.25, 0.3) is 0 Å². The Balaban J connectivity index is 1.54. The molecule has 4 aromatic carbocycles. The smallest absolute Gasteiger partial charge is 0.194 e. The zero-order valence-electron chi connectivity index (χ0n) is 18.3. The third-order valence-electron chi connectivity index (χ3n) is 6.90. The van der Waals surface area contributed by atoms with E-state index in [4.69, 9.17) is 0 Å². The van der Waals surface area contributed by atoms with Crippen LogP contribution in [0.3, 0.4) is 0 Å². The molecule has 34 heavy (non-hydrogen) atoms. The predicted molar refractivity (Wildman–Crippen MR) is 127 cm³/mol. The maximum Gasteiger partial charge on any atom is 0.194 e. The third-order valence-corrected chi connectivity index (χ3v) is 6.90. The Morgan fingerprint density at radius 3 is 1.12 bits per heavy atom. The average molecular weight is 442 g/mol. The van der Waals surface area contributed by atoms with Crippen LogP contribution in [0.2, 0.25) is 0 Å². The molecule has 2 aliphatic rings. The van der Waals surface area contributed by atoms with Crippen LogP contribution in [-0.2, 0) is 0 Å². The zero-order valence-corrected chi connectivity index (χ0v) is 18.3. The Kier molecular flexibility index (Phi) is 4.33. The fourth-order valence-electron chi connectivity index (χ4n) is 5.23. The molecule has 0 aliphatic heterocycles. The Morgan fingerprint density at radius 2 is 0.735 bits per heavy atom. The third kappa shape index (κ3) is 2.66. The molecule has 4 nitrogen and oxygen atoms in total. The maximum absolute atomic E-state index is 13.5. The van der Waals surface area contributed by atoms with Gasteiger partial charge in [-0.25, -0.2) is 0 Å². The summed E-state index contributed by atoms with van der Waals surface area (Å²) in [6.45, 7) is 1.90. The number of carbonyl (C=O) groups is 4. The zero-order chi connectivity index (χ0) is 23.6. The first-order valence-corrected chi connectivity index (χ1v) is 11.1. The Hall–Kier alpha value is -4.44. The molecule has 0 aromatic heterocycles. The van der Waals surface area contributed by atoms with E-state index in [1.807, 2.05) is 19.1 Å². The fraction of sp³-hybridized carbons (Fsp3) is 0.0667. The lowest BCUT2D eigenvalue weighted by Gasteiger charge is -2.26. The highest BCUT2D eigenvalue weighted by atomic mass is 16.1. The molecular weight excluding hydrogens is 424 g/mol. The summed E-state index contributed by atoms with van der Waals surface area (Å²) in [4.78, 5) is 53.4. The molecule has 0 unspecified atom stereocenters. The fourth-order valence-corrected chi connectivity index (χ4v) is 5.23. The summed E-state index contributed by atoms with van der Waals surface area (Å²) in [6, 6.07) is 24.2. The molecule has 0 N–H and O–H groups in total. The highest BCUT2D eigenvalue weighted by Crippen LogP contribution is 2.39. The van der Waals surface area contributed by atoms with Crippen LogP contribution < -0.4 is 0 Å². The van der Waals surface area contributed by atoms with Crippen LogP contribution in [-0.4, -0.2) is 23.1 Å².